The largest absolute Gasteiger partial charge is 0.494 e. The normalized spacial score (nSPS) is 12.3. The fourth-order valence-electron chi connectivity index (χ4n) is 1.67. The monoisotopic (exact) mass is 251 g/mol. The molecular formula is C15H25NO2. The Morgan fingerprint density at radius 3 is 2.50 bits per heavy atom. The second kappa shape index (κ2) is 8.81. The zero-order chi connectivity index (χ0) is 13.2. The van der Waals surface area contributed by atoms with Crippen molar-refractivity contribution in [3.63, 3.8) is 0 Å². The van der Waals surface area contributed by atoms with Crippen molar-refractivity contribution in [2.75, 3.05) is 18.9 Å². The maximum Gasteiger partial charge on any atom is 0.119 e. The number of benzene rings is 1. The van der Waals surface area contributed by atoms with Crippen molar-refractivity contribution < 1.29 is 9.47 Å². The molecule has 0 aromatic heterocycles. The molecule has 0 aliphatic heterocycles. The fraction of sp³-hybridized carbons (Fsp3) is 0.600. The first-order valence-corrected chi connectivity index (χ1v) is 6.82. The molecule has 0 aliphatic carbocycles. The predicted molar refractivity (Wildman–Crippen MR) is 75.9 cm³/mol. The minimum atomic E-state index is 0.362. The van der Waals surface area contributed by atoms with Crippen LogP contribution in [0, 0.1) is 0 Å². The van der Waals surface area contributed by atoms with Crippen molar-refractivity contribution in [3.05, 3.63) is 24.3 Å². The van der Waals surface area contributed by atoms with Gasteiger partial charge >= 0.3 is 0 Å². The van der Waals surface area contributed by atoms with Gasteiger partial charge in [0.25, 0.3) is 0 Å². The Hall–Kier alpha value is -1.22. The molecule has 0 amide bonds. The Morgan fingerprint density at radius 1 is 1.11 bits per heavy atom. The minimum Gasteiger partial charge on any atom is -0.494 e. The zero-order valence-corrected chi connectivity index (χ0v) is 11.5. The molecule has 1 aromatic carbocycles. The molecule has 0 unspecified atom stereocenters. The Kier molecular flexibility index (Phi) is 7.26. The molecule has 0 bridgehead atoms. The predicted octanol–water partition coefficient (Wildman–Crippen LogP) is 3.63. The molecule has 0 fully saturated rings. The van der Waals surface area contributed by atoms with Crippen molar-refractivity contribution in [1.29, 1.82) is 0 Å². The van der Waals surface area contributed by atoms with E-state index in [4.69, 9.17) is 15.2 Å². The lowest BCUT2D eigenvalue weighted by atomic mass is 10.2. The van der Waals surface area contributed by atoms with E-state index in [1.807, 2.05) is 24.3 Å². The van der Waals surface area contributed by atoms with Crippen LogP contribution in [0.4, 0.5) is 5.69 Å². The summed E-state index contributed by atoms with van der Waals surface area (Å²) >= 11 is 0. The van der Waals surface area contributed by atoms with Crippen LogP contribution in [0.15, 0.2) is 24.3 Å². The second-order valence-corrected chi connectivity index (χ2v) is 4.59. The molecule has 18 heavy (non-hydrogen) atoms. The lowest BCUT2D eigenvalue weighted by Crippen LogP contribution is -2.11. The molecule has 0 spiro atoms. The number of unbranched alkanes of at least 4 members (excludes halogenated alkanes) is 1. The summed E-state index contributed by atoms with van der Waals surface area (Å²) in [6.45, 7) is 5.79. The van der Waals surface area contributed by atoms with Gasteiger partial charge in [0.15, 0.2) is 0 Å². The van der Waals surface area contributed by atoms with Crippen LogP contribution in [0.2, 0.25) is 0 Å². The fourth-order valence-corrected chi connectivity index (χ4v) is 1.67. The smallest absolute Gasteiger partial charge is 0.119 e. The van der Waals surface area contributed by atoms with Crippen molar-refractivity contribution in [1.82, 2.24) is 0 Å². The molecule has 0 saturated heterocycles. The van der Waals surface area contributed by atoms with E-state index in [1.54, 1.807) is 0 Å². The van der Waals surface area contributed by atoms with Crippen LogP contribution in [-0.4, -0.2) is 19.3 Å². The van der Waals surface area contributed by atoms with Gasteiger partial charge < -0.3 is 15.2 Å². The highest BCUT2D eigenvalue weighted by atomic mass is 16.5. The van der Waals surface area contributed by atoms with Crippen LogP contribution in [-0.2, 0) is 4.74 Å². The average molecular weight is 251 g/mol. The molecule has 1 aromatic rings. The summed E-state index contributed by atoms with van der Waals surface area (Å²) in [5.74, 6) is 0.864. The third kappa shape index (κ3) is 6.50. The van der Waals surface area contributed by atoms with Gasteiger partial charge in [-0.1, -0.05) is 19.8 Å². The van der Waals surface area contributed by atoms with Gasteiger partial charge in [0.1, 0.15) is 5.75 Å². The molecule has 0 saturated carbocycles. The van der Waals surface area contributed by atoms with Crippen molar-refractivity contribution in [2.45, 2.75) is 45.6 Å². The highest BCUT2D eigenvalue weighted by Gasteiger charge is 2.01. The van der Waals surface area contributed by atoms with Crippen molar-refractivity contribution in [3.8, 4) is 5.75 Å². The molecule has 1 atom stereocenters. The third-order valence-electron chi connectivity index (χ3n) is 2.80. The van der Waals surface area contributed by atoms with Crippen molar-refractivity contribution in [2.24, 2.45) is 0 Å². The Labute approximate surface area is 110 Å². The number of hydrogen-bond acceptors (Lipinski definition) is 3. The molecule has 0 aliphatic rings. The molecule has 3 heteroatoms. The van der Waals surface area contributed by atoms with Gasteiger partial charge in [0.05, 0.1) is 19.3 Å². The SMILES string of the molecule is CCCC[C@H](C)OCCCOc1ccc(N)cc1. The van der Waals surface area contributed by atoms with E-state index in [2.05, 4.69) is 13.8 Å². The highest BCUT2D eigenvalue weighted by Crippen LogP contribution is 2.13. The van der Waals surface area contributed by atoms with E-state index in [-0.39, 0.29) is 0 Å². The summed E-state index contributed by atoms with van der Waals surface area (Å²) in [5, 5.41) is 0. The van der Waals surface area contributed by atoms with E-state index >= 15 is 0 Å². The first-order chi connectivity index (χ1) is 8.72. The van der Waals surface area contributed by atoms with Gasteiger partial charge in [0.2, 0.25) is 0 Å². The summed E-state index contributed by atoms with van der Waals surface area (Å²) in [7, 11) is 0. The number of nitrogens with two attached hydrogens (primary N) is 1. The minimum absolute atomic E-state index is 0.362. The highest BCUT2D eigenvalue weighted by molar-refractivity contribution is 5.41. The Balaban J connectivity index is 2.03. The summed E-state index contributed by atoms with van der Waals surface area (Å²) < 4.78 is 11.3. The summed E-state index contributed by atoms with van der Waals surface area (Å²) in [6.07, 6.45) is 4.90. The third-order valence-corrected chi connectivity index (χ3v) is 2.80. The number of anilines is 1. The first kappa shape index (κ1) is 14.8. The lowest BCUT2D eigenvalue weighted by molar-refractivity contribution is 0.0510. The maximum atomic E-state index is 5.70. The topological polar surface area (TPSA) is 44.5 Å². The van der Waals surface area contributed by atoms with E-state index < -0.39 is 0 Å². The van der Waals surface area contributed by atoms with Gasteiger partial charge in [0, 0.05) is 12.1 Å². The second-order valence-electron chi connectivity index (χ2n) is 4.59. The van der Waals surface area contributed by atoms with E-state index in [0.29, 0.717) is 12.7 Å². The quantitative estimate of drug-likeness (QED) is 0.538. The van der Waals surface area contributed by atoms with Crippen LogP contribution in [0.25, 0.3) is 0 Å². The molecular weight excluding hydrogens is 226 g/mol. The van der Waals surface area contributed by atoms with Crippen LogP contribution >= 0.6 is 0 Å². The van der Waals surface area contributed by atoms with Gasteiger partial charge in [-0.3, -0.25) is 0 Å². The average Bonchev–Trinajstić information content (AvgIpc) is 2.38. The van der Waals surface area contributed by atoms with Gasteiger partial charge in [-0.15, -0.1) is 0 Å². The molecule has 0 radical (unpaired) electrons. The van der Waals surface area contributed by atoms with E-state index in [9.17, 15) is 0 Å². The zero-order valence-electron chi connectivity index (χ0n) is 11.5. The molecule has 102 valence electrons. The summed E-state index contributed by atoms with van der Waals surface area (Å²) in [5.41, 5.74) is 6.36. The van der Waals surface area contributed by atoms with E-state index in [1.165, 1.54) is 12.8 Å². The molecule has 2 N–H and O–H groups in total. The lowest BCUT2D eigenvalue weighted by Gasteiger charge is -2.12. The molecule has 3 nitrogen and oxygen atoms in total. The number of ether oxygens (including phenoxy) is 2. The number of rotatable bonds is 9. The molecule has 1 rings (SSSR count). The van der Waals surface area contributed by atoms with Gasteiger partial charge in [-0.05, 0) is 37.6 Å². The van der Waals surface area contributed by atoms with Crippen LogP contribution < -0.4 is 10.5 Å². The summed E-state index contributed by atoms with van der Waals surface area (Å²) in [4.78, 5) is 0. The van der Waals surface area contributed by atoms with Gasteiger partial charge in [-0.25, -0.2) is 0 Å². The van der Waals surface area contributed by atoms with Crippen LogP contribution in [0.3, 0.4) is 0 Å². The summed E-state index contributed by atoms with van der Waals surface area (Å²) in [6, 6.07) is 7.47. The van der Waals surface area contributed by atoms with Gasteiger partial charge in [-0.2, -0.15) is 0 Å². The number of hydrogen-bond donors (Lipinski definition) is 1. The van der Waals surface area contributed by atoms with E-state index in [0.717, 1.165) is 30.9 Å². The van der Waals surface area contributed by atoms with Crippen LogP contribution in [0.1, 0.15) is 39.5 Å². The standard InChI is InChI=1S/C15H25NO2/c1-3-4-6-13(2)17-11-5-12-18-15-9-7-14(16)8-10-15/h7-10,13H,3-6,11-12,16H2,1-2H3/t13-/m0/s1. The number of nitrogen functional groups attached to an aromatic ring is 1. The molecule has 0 heterocycles. The maximum absolute atomic E-state index is 5.70. The van der Waals surface area contributed by atoms with Crippen LogP contribution in [0.5, 0.6) is 5.75 Å². The van der Waals surface area contributed by atoms with Crippen molar-refractivity contribution >= 4 is 5.69 Å². The Morgan fingerprint density at radius 2 is 1.83 bits per heavy atom. The first-order valence-electron chi connectivity index (χ1n) is 6.82. The Bertz CT molecular complexity index is 311.